The number of aromatic nitrogens is 3. The van der Waals surface area contributed by atoms with Gasteiger partial charge in [-0.3, -0.25) is 19.6 Å². The lowest BCUT2D eigenvalue weighted by atomic mass is 10.1. The first-order chi connectivity index (χ1) is 14.1. The molecule has 2 N–H and O–H groups in total. The number of fused-ring (bicyclic) bond motifs is 3. The van der Waals surface area contributed by atoms with Crippen molar-refractivity contribution in [3.63, 3.8) is 0 Å². The second-order valence-corrected chi connectivity index (χ2v) is 7.71. The van der Waals surface area contributed by atoms with E-state index in [1.165, 1.54) is 0 Å². The molecule has 3 heterocycles. The van der Waals surface area contributed by atoms with Crippen LogP contribution in [-0.4, -0.2) is 40.1 Å². The maximum absolute atomic E-state index is 13.0. The summed E-state index contributed by atoms with van der Waals surface area (Å²) in [6, 6.07) is 15.1. The number of hydrogen-bond donors (Lipinski definition) is 2. The van der Waals surface area contributed by atoms with Gasteiger partial charge in [0.2, 0.25) is 0 Å². The van der Waals surface area contributed by atoms with Gasteiger partial charge in [0.05, 0.1) is 0 Å². The molecular formula is C22H21N5O2. The lowest BCUT2D eigenvalue weighted by molar-refractivity contribution is -0.120. The molecular weight excluding hydrogens is 366 g/mol. The number of rotatable bonds is 4. The Morgan fingerprint density at radius 3 is 2.90 bits per heavy atom. The number of nitrogens with one attached hydrogen (secondary N) is 2. The van der Waals surface area contributed by atoms with Crippen LogP contribution in [0, 0.1) is 5.92 Å². The van der Waals surface area contributed by atoms with E-state index in [4.69, 9.17) is 0 Å². The number of carbonyl (C=O) groups is 2. The minimum Gasteiger partial charge on any atom is -0.339 e. The highest BCUT2D eigenvalue weighted by Gasteiger charge is 2.52. The second-order valence-electron chi connectivity index (χ2n) is 7.71. The predicted octanol–water partition coefficient (Wildman–Crippen LogP) is 2.27. The maximum atomic E-state index is 13.0. The van der Waals surface area contributed by atoms with Gasteiger partial charge in [-0.15, -0.1) is 0 Å². The van der Waals surface area contributed by atoms with Crippen LogP contribution in [0.5, 0.6) is 0 Å². The van der Waals surface area contributed by atoms with Crippen molar-refractivity contribution in [1.29, 1.82) is 0 Å². The van der Waals surface area contributed by atoms with Gasteiger partial charge in [-0.05, 0) is 41.5 Å². The number of H-pyrrole nitrogens is 1. The molecule has 2 aromatic heterocycles. The number of nitrogens with zero attached hydrogens (tertiary/aromatic N) is 3. The molecule has 2 aliphatic rings. The summed E-state index contributed by atoms with van der Waals surface area (Å²) >= 11 is 0. The number of hydrogen-bond acceptors (Lipinski definition) is 4. The molecule has 1 aromatic carbocycles. The molecule has 1 saturated carbocycles. The van der Waals surface area contributed by atoms with Gasteiger partial charge in [-0.1, -0.05) is 36.4 Å². The Morgan fingerprint density at radius 1 is 1.24 bits per heavy atom. The Hall–Kier alpha value is -3.48. The SMILES string of the molecule is CN1C(=O)[C@@H](NC(=O)c2cc(Cc3ccccc3)[nH]n2)C2C[C@H]2c2cccnc21. The van der Waals surface area contributed by atoms with Gasteiger partial charge in [0.15, 0.2) is 0 Å². The summed E-state index contributed by atoms with van der Waals surface area (Å²) in [5, 5.41) is 9.99. The summed E-state index contributed by atoms with van der Waals surface area (Å²) in [5.41, 5.74) is 3.36. The molecule has 146 valence electrons. The Labute approximate surface area is 168 Å². The zero-order valence-electron chi connectivity index (χ0n) is 16.0. The first kappa shape index (κ1) is 17.6. The monoisotopic (exact) mass is 387 g/mol. The average Bonchev–Trinajstić information content (AvgIpc) is 3.41. The summed E-state index contributed by atoms with van der Waals surface area (Å²) in [6.07, 6.45) is 3.23. The van der Waals surface area contributed by atoms with E-state index in [-0.39, 0.29) is 23.7 Å². The van der Waals surface area contributed by atoms with Crippen molar-refractivity contribution in [3.8, 4) is 0 Å². The lowest BCUT2D eigenvalue weighted by Gasteiger charge is -2.22. The summed E-state index contributed by atoms with van der Waals surface area (Å²) in [4.78, 5) is 31.7. The molecule has 1 aliphatic carbocycles. The van der Waals surface area contributed by atoms with Gasteiger partial charge < -0.3 is 5.32 Å². The summed E-state index contributed by atoms with van der Waals surface area (Å²) in [5.74, 6) is 0.569. The molecule has 0 bridgehead atoms. The van der Waals surface area contributed by atoms with E-state index in [0.717, 1.165) is 23.2 Å². The highest BCUT2D eigenvalue weighted by atomic mass is 16.2. The number of anilines is 1. The highest BCUT2D eigenvalue weighted by molar-refractivity contribution is 6.02. The zero-order chi connectivity index (χ0) is 20.0. The van der Waals surface area contributed by atoms with Crippen LogP contribution < -0.4 is 10.2 Å². The largest absolute Gasteiger partial charge is 0.339 e. The van der Waals surface area contributed by atoms with Gasteiger partial charge in [0, 0.05) is 25.4 Å². The molecule has 0 saturated heterocycles. The van der Waals surface area contributed by atoms with Crippen LogP contribution in [0.3, 0.4) is 0 Å². The van der Waals surface area contributed by atoms with Gasteiger partial charge in [-0.25, -0.2) is 4.98 Å². The topological polar surface area (TPSA) is 91.0 Å². The number of amides is 2. The van der Waals surface area contributed by atoms with Crippen LogP contribution in [0.25, 0.3) is 0 Å². The molecule has 0 radical (unpaired) electrons. The minimum absolute atomic E-state index is 0.0991. The Balaban J connectivity index is 1.32. The Bertz CT molecular complexity index is 1080. The summed E-state index contributed by atoms with van der Waals surface area (Å²) in [7, 11) is 1.71. The average molecular weight is 387 g/mol. The molecule has 2 amide bonds. The smallest absolute Gasteiger partial charge is 0.272 e. The van der Waals surface area contributed by atoms with Gasteiger partial charge in [0.1, 0.15) is 17.6 Å². The minimum atomic E-state index is -0.569. The molecule has 29 heavy (non-hydrogen) atoms. The van der Waals surface area contributed by atoms with E-state index < -0.39 is 6.04 Å². The molecule has 3 aromatic rings. The van der Waals surface area contributed by atoms with E-state index in [1.807, 2.05) is 42.5 Å². The number of aromatic amines is 1. The fourth-order valence-electron chi connectivity index (χ4n) is 4.18. The summed E-state index contributed by atoms with van der Waals surface area (Å²) < 4.78 is 0. The summed E-state index contributed by atoms with van der Waals surface area (Å²) in [6.45, 7) is 0. The third kappa shape index (κ3) is 3.18. The predicted molar refractivity (Wildman–Crippen MR) is 108 cm³/mol. The Kier molecular flexibility index (Phi) is 4.16. The normalized spacial score (nSPS) is 22.4. The molecule has 7 nitrogen and oxygen atoms in total. The maximum Gasteiger partial charge on any atom is 0.272 e. The fraction of sp³-hybridized carbons (Fsp3) is 0.273. The first-order valence-electron chi connectivity index (χ1n) is 9.73. The van der Waals surface area contributed by atoms with Crippen LogP contribution in [0.2, 0.25) is 0 Å². The fourth-order valence-corrected chi connectivity index (χ4v) is 4.18. The first-order valence-corrected chi connectivity index (χ1v) is 9.73. The van der Waals surface area contributed by atoms with Crippen LogP contribution >= 0.6 is 0 Å². The molecule has 1 unspecified atom stereocenters. The third-order valence-corrected chi connectivity index (χ3v) is 5.79. The van der Waals surface area contributed by atoms with Gasteiger partial charge in [0.25, 0.3) is 11.8 Å². The van der Waals surface area contributed by atoms with Crippen molar-refractivity contribution < 1.29 is 9.59 Å². The zero-order valence-corrected chi connectivity index (χ0v) is 16.0. The lowest BCUT2D eigenvalue weighted by Crippen LogP contribution is -2.48. The van der Waals surface area contributed by atoms with Crippen molar-refractivity contribution in [3.05, 3.63) is 77.2 Å². The van der Waals surface area contributed by atoms with Crippen LogP contribution in [0.15, 0.2) is 54.7 Å². The van der Waals surface area contributed by atoms with Crippen molar-refractivity contribution in [2.45, 2.75) is 24.8 Å². The number of benzene rings is 1. The van der Waals surface area contributed by atoms with Crippen molar-refractivity contribution in [2.75, 3.05) is 11.9 Å². The number of carbonyl (C=O) groups excluding carboxylic acids is 2. The Morgan fingerprint density at radius 2 is 2.07 bits per heavy atom. The van der Waals surface area contributed by atoms with Gasteiger partial charge in [-0.2, -0.15) is 5.10 Å². The number of likely N-dealkylation sites (N-methyl/N-ethyl adjacent to an activating group) is 1. The molecule has 1 aliphatic heterocycles. The van der Waals surface area contributed by atoms with Crippen LogP contribution in [0.1, 0.15) is 39.6 Å². The van der Waals surface area contributed by atoms with Crippen LogP contribution in [-0.2, 0) is 11.2 Å². The highest BCUT2D eigenvalue weighted by Crippen LogP contribution is 2.53. The molecule has 5 rings (SSSR count). The second kappa shape index (κ2) is 6.84. The molecule has 3 atom stereocenters. The van der Waals surface area contributed by atoms with E-state index >= 15 is 0 Å². The standard InChI is InChI=1S/C22H21N5O2/c1-27-20-15(8-5-9-23-20)16-12-17(16)19(22(27)29)24-21(28)18-11-14(25-26-18)10-13-6-3-2-4-7-13/h2-9,11,16-17,19H,10,12H2,1H3,(H,24,28)(H,25,26)/t16-,17?,19-/m0/s1. The van der Waals surface area contributed by atoms with Gasteiger partial charge >= 0.3 is 0 Å². The molecule has 7 heteroatoms. The van der Waals surface area contributed by atoms with E-state index in [0.29, 0.717) is 17.9 Å². The van der Waals surface area contributed by atoms with E-state index in [2.05, 4.69) is 20.5 Å². The number of pyridine rings is 1. The van der Waals surface area contributed by atoms with Crippen LogP contribution in [0.4, 0.5) is 5.82 Å². The third-order valence-electron chi connectivity index (χ3n) is 5.79. The quantitative estimate of drug-likeness (QED) is 0.719. The van der Waals surface area contributed by atoms with E-state index in [1.54, 1.807) is 24.2 Å². The molecule has 1 fully saturated rings. The van der Waals surface area contributed by atoms with Crippen molar-refractivity contribution in [1.82, 2.24) is 20.5 Å². The van der Waals surface area contributed by atoms with Crippen molar-refractivity contribution >= 4 is 17.6 Å². The van der Waals surface area contributed by atoms with Crippen molar-refractivity contribution in [2.24, 2.45) is 5.92 Å². The van der Waals surface area contributed by atoms with E-state index in [9.17, 15) is 9.59 Å². The molecule has 0 spiro atoms.